The lowest BCUT2D eigenvalue weighted by Gasteiger charge is -2.14. The Bertz CT molecular complexity index is 1250. The number of unbranched alkanes of at least 4 members (excludes halogenated alkanes) is 2. The fourth-order valence-corrected chi connectivity index (χ4v) is 4.38. The van der Waals surface area contributed by atoms with E-state index < -0.39 is 0 Å². The van der Waals surface area contributed by atoms with Crippen LogP contribution in [0, 0.1) is 0 Å². The fraction of sp³-hybridized carbons (Fsp3) is 0.235. The molecule has 0 atom stereocenters. The molecule has 0 radical (unpaired) electrons. The number of aryl methyl sites for hydroxylation is 2. The minimum atomic E-state index is 0.992. The maximum absolute atomic E-state index is 4.39. The van der Waals surface area contributed by atoms with E-state index in [1.54, 1.807) is 0 Å². The largest absolute Gasteiger partial charge is 0.355 e. The number of rotatable bonds is 13. The van der Waals surface area contributed by atoms with Crippen LogP contribution in [-0.2, 0) is 12.8 Å². The van der Waals surface area contributed by atoms with Crippen molar-refractivity contribution in [1.29, 1.82) is 0 Å². The van der Waals surface area contributed by atoms with Gasteiger partial charge >= 0.3 is 0 Å². The summed E-state index contributed by atoms with van der Waals surface area (Å²) in [5.74, 6) is 0. The molecule has 0 spiro atoms. The highest BCUT2D eigenvalue weighted by Crippen LogP contribution is 2.26. The highest BCUT2D eigenvalue weighted by Gasteiger charge is 2.06. The molecular formula is C34H38N4. The standard InChI is InChI=1S/C34H38N4/c1-3-5-15-27-17-7-11-21-31(27)37-33-23-13-9-19-29(33)25-35-36-26-30-20-10-14-24-34(30)38-32-22-12-8-18-28(32)16-6-4-2/h7-14,17-26,37-38H,3-6,15-16H2,1-2H3. The van der Waals surface area contributed by atoms with Gasteiger partial charge < -0.3 is 10.6 Å². The van der Waals surface area contributed by atoms with Crippen LogP contribution in [0.3, 0.4) is 0 Å². The van der Waals surface area contributed by atoms with E-state index in [0.717, 1.165) is 46.7 Å². The summed E-state index contributed by atoms with van der Waals surface area (Å²) < 4.78 is 0. The first-order valence-corrected chi connectivity index (χ1v) is 13.7. The van der Waals surface area contributed by atoms with Crippen LogP contribution in [0.2, 0.25) is 0 Å². The van der Waals surface area contributed by atoms with Crippen molar-refractivity contribution in [3.8, 4) is 0 Å². The number of nitrogens with zero attached hydrogens (tertiary/aromatic N) is 2. The quantitative estimate of drug-likeness (QED) is 0.141. The van der Waals surface area contributed by atoms with Gasteiger partial charge in [0, 0.05) is 33.9 Å². The Kier molecular flexibility index (Phi) is 10.3. The average molecular weight is 503 g/mol. The van der Waals surface area contributed by atoms with Crippen molar-refractivity contribution in [3.63, 3.8) is 0 Å². The molecule has 0 unspecified atom stereocenters. The van der Waals surface area contributed by atoms with Crippen LogP contribution in [0.15, 0.2) is 107 Å². The maximum atomic E-state index is 4.39. The van der Waals surface area contributed by atoms with Crippen LogP contribution in [0.5, 0.6) is 0 Å². The lowest BCUT2D eigenvalue weighted by atomic mass is 10.1. The molecule has 4 rings (SSSR count). The van der Waals surface area contributed by atoms with Crippen LogP contribution in [-0.4, -0.2) is 12.4 Å². The first kappa shape index (κ1) is 26.9. The highest BCUT2D eigenvalue weighted by molar-refractivity contribution is 5.92. The van der Waals surface area contributed by atoms with Gasteiger partial charge in [0.1, 0.15) is 0 Å². The van der Waals surface area contributed by atoms with Crippen molar-refractivity contribution in [2.24, 2.45) is 10.2 Å². The normalized spacial score (nSPS) is 11.3. The van der Waals surface area contributed by atoms with Crippen molar-refractivity contribution in [2.75, 3.05) is 10.6 Å². The molecule has 38 heavy (non-hydrogen) atoms. The Morgan fingerprint density at radius 1 is 0.500 bits per heavy atom. The van der Waals surface area contributed by atoms with Crippen molar-refractivity contribution in [1.82, 2.24) is 0 Å². The summed E-state index contributed by atoms with van der Waals surface area (Å²) in [5, 5.41) is 16.0. The number of anilines is 4. The maximum Gasteiger partial charge on any atom is 0.0588 e. The summed E-state index contributed by atoms with van der Waals surface area (Å²) in [6, 6.07) is 33.4. The molecular weight excluding hydrogens is 464 g/mol. The molecule has 4 aromatic carbocycles. The van der Waals surface area contributed by atoms with E-state index in [1.165, 1.54) is 36.8 Å². The van der Waals surface area contributed by atoms with Crippen LogP contribution in [0.4, 0.5) is 22.7 Å². The topological polar surface area (TPSA) is 48.8 Å². The molecule has 0 heterocycles. The zero-order valence-corrected chi connectivity index (χ0v) is 22.5. The predicted molar refractivity (Wildman–Crippen MR) is 165 cm³/mol. The van der Waals surface area contributed by atoms with Gasteiger partial charge in [-0.25, -0.2) is 0 Å². The van der Waals surface area contributed by atoms with Gasteiger partial charge in [0.05, 0.1) is 12.4 Å². The van der Waals surface area contributed by atoms with E-state index in [2.05, 4.69) is 107 Å². The Balaban J connectivity index is 1.48. The second-order valence-corrected chi connectivity index (χ2v) is 9.44. The summed E-state index contributed by atoms with van der Waals surface area (Å²) in [6.07, 6.45) is 10.5. The van der Waals surface area contributed by atoms with E-state index in [1.807, 2.05) is 36.7 Å². The SMILES string of the molecule is CCCCc1ccccc1Nc1ccccc1C=NN=Cc1ccccc1Nc1ccccc1CCCC. The molecule has 4 heteroatoms. The van der Waals surface area contributed by atoms with Crippen LogP contribution in [0.25, 0.3) is 0 Å². The molecule has 0 aliphatic heterocycles. The van der Waals surface area contributed by atoms with Crippen molar-refractivity contribution in [3.05, 3.63) is 119 Å². The van der Waals surface area contributed by atoms with Gasteiger partial charge in [0.15, 0.2) is 0 Å². The zero-order chi connectivity index (χ0) is 26.4. The number of nitrogens with one attached hydrogen (secondary N) is 2. The monoisotopic (exact) mass is 502 g/mol. The first-order chi connectivity index (χ1) is 18.8. The second kappa shape index (κ2) is 14.5. The van der Waals surface area contributed by atoms with E-state index in [0.29, 0.717) is 0 Å². The number of para-hydroxylation sites is 4. The van der Waals surface area contributed by atoms with Crippen LogP contribution < -0.4 is 10.6 Å². The molecule has 0 saturated carbocycles. The third-order valence-electron chi connectivity index (χ3n) is 6.55. The molecule has 194 valence electrons. The Labute approximate surface area is 227 Å². The molecule has 4 aromatic rings. The van der Waals surface area contributed by atoms with E-state index in [-0.39, 0.29) is 0 Å². The number of hydrogen-bond acceptors (Lipinski definition) is 4. The summed E-state index contributed by atoms with van der Waals surface area (Å²) in [7, 11) is 0. The lowest BCUT2D eigenvalue weighted by Crippen LogP contribution is -1.99. The van der Waals surface area contributed by atoms with Gasteiger partial charge in [-0.2, -0.15) is 10.2 Å². The van der Waals surface area contributed by atoms with Crippen molar-refractivity contribution < 1.29 is 0 Å². The predicted octanol–water partition coefficient (Wildman–Crippen LogP) is 9.31. The first-order valence-electron chi connectivity index (χ1n) is 13.7. The molecule has 0 saturated heterocycles. The molecule has 0 aromatic heterocycles. The van der Waals surface area contributed by atoms with Gasteiger partial charge in [0.25, 0.3) is 0 Å². The molecule has 0 bridgehead atoms. The van der Waals surface area contributed by atoms with Crippen LogP contribution in [0.1, 0.15) is 61.8 Å². The van der Waals surface area contributed by atoms with Gasteiger partial charge in [-0.1, -0.05) is 99.5 Å². The average Bonchev–Trinajstić information content (AvgIpc) is 2.96. The molecule has 0 aliphatic rings. The van der Waals surface area contributed by atoms with Crippen LogP contribution >= 0.6 is 0 Å². The number of benzene rings is 4. The Morgan fingerprint density at radius 2 is 0.868 bits per heavy atom. The Morgan fingerprint density at radius 3 is 1.29 bits per heavy atom. The third-order valence-corrected chi connectivity index (χ3v) is 6.55. The Hall–Kier alpha value is -4.18. The minimum absolute atomic E-state index is 0.992. The molecule has 0 aliphatic carbocycles. The van der Waals surface area contributed by atoms with E-state index in [9.17, 15) is 0 Å². The minimum Gasteiger partial charge on any atom is -0.355 e. The fourth-order valence-electron chi connectivity index (χ4n) is 4.38. The lowest BCUT2D eigenvalue weighted by molar-refractivity contribution is 0.796. The molecule has 2 N–H and O–H groups in total. The van der Waals surface area contributed by atoms with Gasteiger partial charge in [-0.3, -0.25) is 0 Å². The smallest absolute Gasteiger partial charge is 0.0588 e. The van der Waals surface area contributed by atoms with Crippen molar-refractivity contribution >= 4 is 35.2 Å². The summed E-state index contributed by atoms with van der Waals surface area (Å²) in [5.41, 5.74) is 8.97. The summed E-state index contributed by atoms with van der Waals surface area (Å²) in [4.78, 5) is 0. The highest BCUT2D eigenvalue weighted by atomic mass is 15.2. The summed E-state index contributed by atoms with van der Waals surface area (Å²) in [6.45, 7) is 4.45. The molecule has 0 fully saturated rings. The van der Waals surface area contributed by atoms with Gasteiger partial charge in [0.2, 0.25) is 0 Å². The van der Waals surface area contributed by atoms with Gasteiger partial charge in [-0.15, -0.1) is 0 Å². The van der Waals surface area contributed by atoms with E-state index in [4.69, 9.17) is 0 Å². The number of hydrogen-bond donors (Lipinski definition) is 2. The second-order valence-electron chi connectivity index (χ2n) is 9.44. The molecule has 4 nitrogen and oxygen atoms in total. The zero-order valence-electron chi connectivity index (χ0n) is 22.5. The van der Waals surface area contributed by atoms with E-state index >= 15 is 0 Å². The van der Waals surface area contributed by atoms with Gasteiger partial charge in [-0.05, 0) is 61.1 Å². The third kappa shape index (κ3) is 7.66. The summed E-state index contributed by atoms with van der Waals surface area (Å²) >= 11 is 0. The van der Waals surface area contributed by atoms with Crippen molar-refractivity contribution in [2.45, 2.75) is 52.4 Å². The molecule has 0 amide bonds.